The summed E-state index contributed by atoms with van der Waals surface area (Å²) >= 11 is 0. The van der Waals surface area contributed by atoms with Crippen molar-refractivity contribution >= 4 is 18.5 Å². The zero-order valence-corrected chi connectivity index (χ0v) is 15.1. The number of carbonyl (C=O) groups is 1. The molecule has 0 aromatic heterocycles. The summed E-state index contributed by atoms with van der Waals surface area (Å²) in [7, 11) is -0.482. The van der Waals surface area contributed by atoms with E-state index in [1.807, 2.05) is 45.9 Å². The van der Waals surface area contributed by atoms with Crippen LogP contribution in [-0.2, 0) is 9.31 Å². The first-order chi connectivity index (χ1) is 11.0. The van der Waals surface area contributed by atoms with Crippen LogP contribution in [0.4, 0.5) is 0 Å². The molecule has 6 heteroatoms. The highest BCUT2D eigenvalue weighted by molar-refractivity contribution is 6.62. The van der Waals surface area contributed by atoms with Gasteiger partial charge in [-0.15, -0.1) is 0 Å². The molecule has 2 saturated heterocycles. The second-order valence-corrected chi connectivity index (χ2v) is 8.19. The van der Waals surface area contributed by atoms with E-state index in [1.165, 1.54) is 0 Å². The van der Waals surface area contributed by atoms with E-state index in [9.17, 15) is 9.90 Å². The van der Waals surface area contributed by atoms with Crippen molar-refractivity contribution in [3.63, 3.8) is 0 Å². The first-order valence-electron chi connectivity index (χ1n) is 8.48. The number of amides is 1. The Morgan fingerprint density at radius 3 is 2.33 bits per heavy atom. The van der Waals surface area contributed by atoms with Crippen LogP contribution in [0.25, 0.3) is 0 Å². The number of β-amino-alcohol motifs (C(OH)–C–C–N with tert-alkyl or cyclic N) is 1. The Morgan fingerprint density at radius 2 is 1.79 bits per heavy atom. The van der Waals surface area contributed by atoms with Crippen molar-refractivity contribution in [2.45, 2.75) is 57.8 Å². The van der Waals surface area contributed by atoms with Gasteiger partial charge >= 0.3 is 7.12 Å². The minimum absolute atomic E-state index is 0.0638. The van der Waals surface area contributed by atoms with Gasteiger partial charge in [-0.2, -0.15) is 0 Å². The smallest absolute Gasteiger partial charge is 0.399 e. The van der Waals surface area contributed by atoms with Gasteiger partial charge in [0, 0.05) is 18.7 Å². The van der Waals surface area contributed by atoms with Crippen molar-refractivity contribution < 1.29 is 19.2 Å². The number of carbonyl (C=O) groups excluding carboxylic acids is 1. The predicted molar refractivity (Wildman–Crippen MR) is 93.3 cm³/mol. The van der Waals surface area contributed by atoms with Crippen LogP contribution in [-0.4, -0.2) is 52.9 Å². The van der Waals surface area contributed by atoms with Gasteiger partial charge in [0.1, 0.15) is 0 Å². The molecule has 24 heavy (non-hydrogen) atoms. The molecule has 1 amide bonds. The van der Waals surface area contributed by atoms with Crippen molar-refractivity contribution in [3.05, 3.63) is 29.8 Å². The topological polar surface area (TPSA) is 59.0 Å². The molecule has 5 nitrogen and oxygen atoms in total. The lowest BCUT2D eigenvalue weighted by Gasteiger charge is -2.32. The highest BCUT2D eigenvalue weighted by Crippen LogP contribution is 2.36. The fourth-order valence-electron chi connectivity index (χ4n) is 3.10. The number of hydrogen-bond acceptors (Lipinski definition) is 4. The Morgan fingerprint density at radius 1 is 1.17 bits per heavy atom. The van der Waals surface area contributed by atoms with Gasteiger partial charge in [0.2, 0.25) is 0 Å². The number of likely N-dealkylation sites (tertiary alicyclic amines) is 1. The lowest BCUT2D eigenvalue weighted by Crippen LogP contribution is -2.41. The third-order valence-electron chi connectivity index (χ3n) is 5.40. The maximum atomic E-state index is 12.7. The maximum absolute atomic E-state index is 12.7. The number of benzene rings is 1. The zero-order chi connectivity index (χ0) is 17.8. The van der Waals surface area contributed by atoms with Crippen LogP contribution in [0.2, 0.25) is 0 Å². The van der Waals surface area contributed by atoms with Gasteiger partial charge in [-0.25, -0.2) is 0 Å². The van der Waals surface area contributed by atoms with E-state index >= 15 is 0 Å². The molecule has 1 aromatic carbocycles. The standard InChI is InChI=1S/C18H26BNO4/c1-16(2)17(3,4)24-19(23-16)14-8-6-7-13(11-14)15(21)20-10-9-18(5,22)12-20/h6-8,11,22H,9-10,12H2,1-5H3. The highest BCUT2D eigenvalue weighted by atomic mass is 16.7. The summed E-state index contributed by atoms with van der Waals surface area (Å²) < 4.78 is 12.1. The van der Waals surface area contributed by atoms with Crippen LogP contribution in [0, 0.1) is 0 Å². The first kappa shape index (κ1) is 17.5. The lowest BCUT2D eigenvalue weighted by atomic mass is 9.78. The molecule has 130 valence electrons. The first-order valence-corrected chi connectivity index (χ1v) is 8.48. The summed E-state index contributed by atoms with van der Waals surface area (Å²) in [5.74, 6) is -0.0638. The Hall–Kier alpha value is -1.37. The van der Waals surface area contributed by atoms with Gasteiger partial charge in [0.15, 0.2) is 0 Å². The average Bonchev–Trinajstić information content (AvgIpc) is 2.95. The molecule has 2 aliphatic heterocycles. The molecule has 1 unspecified atom stereocenters. The van der Waals surface area contributed by atoms with E-state index in [-0.39, 0.29) is 5.91 Å². The van der Waals surface area contributed by atoms with Crippen molar-refractivity contribution in [1.29, 1.82) is 0 Å². The summed E-state index contributed by atoms with van der Waals surface area (Å²) in [6.07, 6.45) is 0.607. The van der Waals surface area contributed by atoms with E-state index < -0.39 is 23.9 Å². The van der Waals surface area contributed by atoms with Crippen LogP contribution in [0.3, 0.4) is 0 Å². The molecule has 1 aromatic rings. The Kier molecular flexibility index (Phi) is 4.06. The van der Waals surface area contributed by atoms with Crippen molar-refractivity contribution in [2.75, 3.05) is 13.1 Å². The van der Waals surface area contributed by atoms with Crippen molar-refractivity contribution in [3.8, 4) is 0 Å². The van der Waals surface area contributed by atoms with Gasteiger partial charge in [0.25, 0.3) is 5.91 Å². The molecule has 2 heterocycles. The number of nitrogens with zero attached hydrogens (tertiary/aromatic N) is 1. The second-order valence-electron chi connectivity index (χ2n) is 8.19. The molecular formula is C18H26BNO4. The van der Waals surface area contributed by atoms with Crippen LogP contribution >= 0.6 is 0 Å². The molecule has 0 aliphatic carbocycles. The van der Waals surface area contributed by atoms with E-state index in [2.05, 4.69) is 0 Å². The summed E-state index contributed by atoms with van der Waals surface area (Å²) in [5.41, 5.74) is -0.180. The summed E-state index contributed by atoms with van der Waals surface area (Å²) in [6, 6.07) is 7.39. The molecule has 0 bridgehead atoms. The predicted octanol–water partition coefficient (Wildman–Crippen LogP) is 1.58. The second kappa shape index (κ2) is 5.58. The van der Waals surface area contributed by atoms with E-state index in [0.29, 0.717) is 25.1 Å². The Labute approximate surface area is 144 Å². The summed E-state index contributed by atoms with van der Waals surface area (Å²) in [6.45, 7) is 10.7. The SMILES string of the molecule is CC1(O)CCN(C(=O)c2cccc(B3OC(C)(C)C(C)(C)O3)c2)C1. The summed E-state index contributed by atoms with van der Waals surface area (Å²) in [4.78, 5) is 14.4. The zero-order valence-electron chi connectivity index (χ0n) is 15.1. The monoisotopic (exact) mass is 331 g/mol. The van der Waals surface area contributed by atoms with Gasteiger partial charge < -0.3 is 19.3 Å². The van der Waals surface area contributed by atoms with Gasteiger partial charge in [-0.3, -0.25) is 4.79 Å². The Bertz CT molecular complexity index is 640. The minimum atomic E-state index is -0.793. The van der Waals surface area contributed by atoms with Gasteiger partial charge in [0.05, 0.1) is 16.8 Å². The number of aliphatic hydroxyl groups is 1. The summed E-state index contributed by atoms with van der Waals surface area (Å²) in [5, 5.41) is 10.1. The molecule has 2 fully saturated rings. The average molecular weight is 331 g/mol. The van der Waals surface area contributed by atoms with Gasteiger partial charge in [-0.05, 0) is 58.6 Å². The van der Waals surface area contributed by atoms with E-state index in [4.69, 9.17) is 9.31 Å². The van der Waals surface area contributed by atoms with Gasteiger partial charge in [-0.1, -0.05) is 12.1 Å². The third-order valence-corrected chi connectivity index (χ3v) is 5.40. The lowest BCUT2D eigenvalue weighted by molar-refractivity contribution is 0.00578. The van der Waals surface area contributed by atoms with Crippen LogP contribution in [0.15, 0.2) is 24.3 Å². The molecular weight excluding hydrogens is 305 g/mol. The molecule has 1 N–H and O–H groups in total. The number of rotatable bonds is 2. The Balaban J connectivity index is 1.80. The molecule has 2 aliphatic rings. The number of hydrogen-bond donors (Lipinski definition) is 1. The maximum Gasteiger partial charge on any atom is 0.494 e. The fraction of sp³-hybridized carbons (Fsp3) is 0.611. The third kappa shape index (κ3) is 3.10. The van der Waals surface area contributed by atoms with Crippen molar-refractivity contribution in [1.82, 2.24) is 4.90 Å². The van der Waals surface area contributed by atoms with Crippen molar-refractivity contribution in [2.24, 2.45) is 0 Å². The quantitative estimate of drug-likeness (QED) is 0.836. The van der Waals surface area contributed by atoms with E-state index in [0.717, 1.165) is 5.46 Å². The normalized spacial score (nSPS) is 28.4. The molecule has 3 rings (SSSR count). The van der Waals surface area contributed by atoms with Crippen LogP contribution < -0.4 is 5.46 Å². The largest absolute Gasteiger partial charge is 0.494 e. The van der Waals surface area contributed by atoms with Crippen LogP contribution in [0.5, 0.6) is 0 Å². The molecule has 0 radical (unpaired) electrons. The fourth-order valence-corrected chi connectivity index (χ4v) is 3.10. The highest BCUT2D eigenvalue weighted by Gasteiger charge is 2.51. The molecule has 0 spiro atoms. The molecule has 0 saturated carbocycles. The van der Waals surface area contributed by atoms with Crippen LogP contribution in [0.1, 0.15) is 51.4 Å². The molecule has 1 atom stereocenters. The minimum Gasteiger partial charge on any atom is -0.399 e. The van der Waals surface area contributed by atoms with E-state index in [1.54, 1.807) is 17.9 Å².